The van der Waals surface area contributed by atoms with Gasteiger partial charge in [0.15, 0.2) is 0 Å². The van der Waals surface area contributed by atoms with Crippen LogP contribution in [0.2, 0.25) is 20.1 Å². The van der Waals surface area contributed by atoms with Crippen LogP contribution in [-0.4, -0.2) is 25.2 Å². The van der Waals surface area contributed by atoms with E-state index in [2.05, 4.69) is 16.0 Å². The predicted molar refractivity (Wildman–Crippen MR) is 128 cm³/mol. The molecule has 0 saturated heterocycles. The topological polar surface area (TPSA) is 53.2 Å². The van der Waals surface area contributed by atoms with E-state index in [9.17, 15) is 4.79 Å². The Balaban J connectivity index is 1.60. The van der Waals surface area contributed by atoms with Gasteiger partial charge < -0.3 is 16.0 Å². The maximum absolute atomic E-state index is 12.4. The fourth-order valence-corrected chi connectivity index (χ4v) is 4.59. The number of halogens is 4. The van der Waals surface area contributed by atoms with Crippen LogP contribution in [-0.2, 0) is 0 Å². The minimum absolute atomic E-state index is 0.0994. The molecular formula is C22H25Cl4N3O. The molecule has 0 aliphatic heterocycles. The molecule has 1 atom stereocenters. The molecule has 162 valence electrons. The maximum atomic E-state index is 12.4. The average molecular weight is 489 g/mol. The van der Waals surface area contributed by atoms with E-state index in [0.29, 0.717) is 38.4 Å². The molecule has 0 bridgehead atoms. The molecule has 0 radical (unpaired) electrons. The van der Waals surface area contributed by atoms with Gasteiger partial charge in [0.25, 0.3) is 0 Å². The third kappa shape index (κ3) is 7.21. The van der Waals surface area contributed by atoms with Crippen LogP contribution >= 0.6 is 46.4 Å². The second kappa shape index (κ2) is 11.4. The van der Waals surface area contributed by atoms with E-state index >= 15 is 0 Å². The first-order valence-corrected chi connectivity index (χ1v) is 11.6. The van der Waals surface area contributed by atoms with Crippen LogP contribution in [0.25, 0.3) is 0 Å². The molecule has 1 aliphatic rings. The fourth-order valence-electron chi connectivity index (χ4n) is 3.76. The molecule has 2 aromatic rings. The van der Waals surface area contributed by atoms with Gasteiger partial charge in [0, 0.05) is 34.2 Å². The first kappa shape index (κ1) is 23.5. The van der Waals surface area contributed by atoms with Crippen molar-refractivity contribution >= 4 is 58.1 Å². The highest BCUT2D eigenvalue weighted by Crippen LogP contribution is 2.28. The predicted octanol–water partition coefficient (Wildman–Crippen LogP) is 7.13. The zero-order chi connectivity index (χ0) is 21.5. The van der Waals surface area contributed by atoms with Crippen LogP contribution in [0.15, 0.2) is 36.4 Å². The summed E-state index contributed by atoms with van der Waals surface area (Å²) in [5.74, 6) is 0.0994. The Hall–Kier alpha value is -1.17. The van der Waals surface area contributed by atoms with E-state index in [4.69, 9.17) is 46.4 Å². The van der Waals surface area contributed by atoms with E-state index in [1.807, 2.05) is 12.1 Å². The minimum Gasteiger partial charge on any atom is -0.337 e. The number of nitrogens with one attached hydrogen (secondary N) is 3. The van der Waals surface area contributed by atoms with Gasteiger partial charge in [0.2, 0.25) is 0 Å². The Morgan fingerprint density at radius 1 is 0.967 bits per heavy atom. The summed E-state index contributed by atoms with van der Waals surface area (Å²) in [6, 6.07) is 10.8. The number of anilines is 1. The van der Waals surface area contributed by atoms with Gasteiger partial charge in [-0.2, -0.15) is 0 Å². The summed E-state index contributed by atoms with van der Waals surface area (Å²) in [7, 11) is 0. The van der Waals surface area contributed by atoms with Gasteiger partial charge in [-0.1, -0.05) is 65.3 Å². The molecule has 2 aromatic carbocycles. The van der Waals surface area contributed by atoms with Crippen molar-refractivity contribution < 1.29 is 4.79 Å². The summed E-state index contributed by atoms with van der Waals surface area (Å²) in [6.45, 7) is 1.34. The minimum atomic E-state index is -0.317. The molecule has 0 heterocycles. The number of urea groups is 1. The van der Waals surface area contributed by atoms with Crippen molar-refractivity contribution in [3.63, 3.8) is 0 Å². The van der Waals surface area contributed by atoms with E-state index < -0.39 is 0 Å². The lowest BCUT2D eigenvalue weighted by Gasteiger charge is -2.21. The first-order valence-electron chi connectivity index (χ1n) is 10.1. The van der Waals surface area contributed by atoms with E-state index in [1.54, 1.807) is 24.3 Å². The molecule has 0 spiro atoms. The van der Waals surface area contributed by atoms with E-state index in [1.165, 1.54) is 25.7 Å². The molecule has 3 rings (SSSR count). The lowest BCUT2D eigenvalue weighted by Crippen LogP contribution is -2.34. The third-order valence-corrected chi connectivity index (χ3v) is 6.50. The summed E-state index contributed by atoms with van der Waals surface area (Å²) in [5, 5.41) is 11.3. The van der Waals surface area contributed by atoms with Crippen LogP contribution in [0.5, 0.6) is 0 Å². The molecule has 1 unspecified atom stereocenters. The molecule has 1 fully saturated rings. The van der Waals surface area contributed by atoms with Gasteiger partial charge in [0.1, 0.15) is 0 Å². The monoisotopic (exact) mass is 487 g/mol. The molecule has 3 N–H and O–H groups in total. The highest BCUT2D eigenvalue weighted by atomic mass is 35.5. The summed E-state index contributed by atoms with van der Waals surface area (Å²) in [6.07, 6.45) is 5.94. The third-order valence-electron chi connectivity index (χ3n) is 5.33. The van der Waals surface area contributed by atoms with Crippen LogP contribution < -0.4 is 16.0 Å². The Labute approximate surface area is 197 Å². The van der Waals surface area contributed by atoms with Crippen molar-refractivity contribution in [1.29, 1.82) is 0 Å². The van der Waals surface area contributed by atoms with Crippen LogP contribution in [0.3, 0.4) is 0 Å². The van der Waals surface area contributed by atoms with Gasteiger partial charge in [-0.05, 0) is 61.7 Å². The summed E-state index contributed by atoms with van der Waals surface area (Å²) in [4.78, 5) is 12.4. The number of carbonyl (C=O) groups is 1. The van der Waals surface area contributed by atoms with Gasteiger partial charge in [-0.15, -0.1) is 0 Å². The highest BCUT2D eigenvalue weighted by molar-refractivity contribution is 6.42. The average Bonchev–Trinajstić information content (AvgIpc) is 3.19. The summed E-state index contributed by atoms with van der Waals surface area (Å²) in [5.41, 5.74) is 1.59. The molecule has 4 nitrogen and oxygen atoms in total. The van der Waals surface area contributed by atoms with Crippen molar-refractivity contribution in [2.24, 2.45) is 0 Å². The molecule has 8 heteroatoms. The summed E-state index contributed by atoms with van der Waals surface area (Å²) >= 11 is 24.3. The van der Waals surface area contributed by atoms with E-state index in [0.717, 1.165) is 18.5 Å². The SMILES string of the molecule is O=C(NCC(CCNC1CCCC1)c1ccc(Cl)c(Cl)c1)Nc1cc(Cl)cc(Cl)c1. The number of hydrogen-bond donors (Lipinski definition) is 3. The molecule has 0 aromatic heterocycles. The molecule has 1 aliphatic carbocycles. The molecule has 1 saturated carbocycles. The zero-order valence-corrected chi connectivity index (χ0v) is 19.5. The Morgan fingerprint density at radius 2 is 1.67 bits per heavy atom. The number of rotatable bonds is 8. The lowest BCUT2D eigenvalue weighted by molar-refractivity contribution is 0.251. The molecule has 30 heavy (non-hydrogen) atoms. The quantitative estimate of drug-likeness (QED) is 0.370. The second-order valence-electron chi connectivity index (χ2n) is 7.59. The maximum Gasteiger partial charge on any atom is 0.319 e. The van der Waals surface area contributed by atoms with Gasteiger partial charge >= 0.3 is 6.03 Å². The molecule has 2 amide bonds. The van der Waals surface area contributed by atoms with Gasteiger partial charge in [0.05, 0.1) is 10.0 Å². The Kier molecular flexibility index (Phi) is 8.97. The largest absolute Gasteiger partial charge is 0.337 e. The van der Waals surface area contributed by atoms with Crippen molar-refractivity contribution in [3.05, 3.63) is 62.1 Å². The normalized spacial score (nSPS) is 15.2. The van der Waals surface area contributed by atoms with Crippen molar-refractivity contribution in [2.75, 3.05) is 18.4 Å². The van der Waals surface area contributed by atoms with Crippen molar-refractivity contribution in [2.45, 2.75) is 44.1 Å². The lowest BCUT2D eigenvalue weighted by atomic mass is 9.95. The number of carbonyl (C=O) groups excluding carboxylic acids is 1. The first-order chi connectivity index (χ1) is 14.4. The number of amides is 2. The smallest absolute Gasteiger partial charge is 0.319 e. The van der Waals surface area contributed by atoms with Gasteiger partial charge in [-0.3, -0.25) is 0 Å². The second-order valence-corrected chi connectivity index (χ2v) is 9.28. The number of hydrogen-bond acceptors (Lipinski definition) is 2. The molecular weight excluding hydrogens is 464 g/mol. The van der Waals surface area contributed by atoms with Crippen molar-refractivity contribution in [1.82, 2.24) is 10.6 Å². The number of benzene rings is 2. The van der Waals surface area contributed by atoms with Crippen LogP contribution in [0, 0.1) is 0 Å². The van der Waals surface area contributed by atoms with Crippen molar-refractivity contribution in [3.8, 4) is 0 Å². The fraction of sp³-hybridized carbons (Fsp3) is 0.409. The van der Waals surface area contributed by atoms with Crippen LogP contribution in [0.1, 0.15) is 43.6 Å². The van der Waals surface area contributed by atoms with E-state index in [-0.39, 0.29) is 11.9 Å². The standard InChI is InChI=1S/C22H25Cl4N3O/c23-16-10-17(24)12-19(11-16)29-22(30)28-13-15(7-8-27-18-3-1-2-4-18)14-5-6-20(25)21(26)9-14/h5-6,9-12,15,18,27H,1-4,7-8,13H2,(H2,28,29,30). The Morgan fingerprint density at radius 3 is 2.33 bits per heavy atom. The Bertz CT molecular complexity index is 851. The zero-order valence-electron chi connectivity index (χ0n) is 16.5. The van der Waals surface area contributed by atoms with Crippen LogP contribution in [0.4, 0.5) is 10.5 Å². The van der Waals surface area contributed by atoms with Gasteiger partial charge in [-0.25, -0.2) is 4.79 Å². The summed E-state index contributed by atoms with van der Waals surface area (Å²) < 4.78 is 0. The highest BCUT2D eigenvalue weighted by Gasteiger charge is 2.18.